The molecular formula is C69H123N9O12. The molecule has 3 N–H and O–H groups in total. The molecule has 0 aromatic carbocycles. The van der Waals surface area contributed by atoms with Crippen molar-refractivity contribution in [2.45, 2.75) is 230 Å². The van der Waals surface area contributed by atoms with E-state index in [2.05, 4.69) is 10.6 Å². The zero-order valence-electron chi connectivity index (χ0n) is 60.0. The fourth-order valence-corrected chi connectivity index (χ4v) is 12.3. The van der Waals surface area contributed by atoms with Gasteiger partial charge in [-0.2, -0.15) is 0 Å². The number of carbonyl (C=O) groups is 11. The zero-order valence-corrected chi connectivity index (χ0v) is 60.0. The van der Waals surface area contributed by atoms with Gasteiger partial charge in [-0.15, -0.1) is 0 Å². The lowest BCUT2D eigenvalue weighted by Crippen LogP contribution is -2.63. The van der Waals surface area contributed by atoms with Gasteiger partial charge in [0.25, 0.3) is 0 Å². The number of Topliss-reactive ketones (excluding diaryl/α,β-unsaturated/α-hetero) is 4. The van der Waals surface area contributed by atoms with Crippen molar-refractivity contribution in [2.24, 2.45) is 59.2 Å². The minimum atomic E-state index is -1.52. The first-order valence-corrected chi connectivity index (χ1v) is 33.4. The Kier molecular flexibility index (Phi) is 36.0. The predicted molar refractivity (Wildman–Crippen MR) is 354 cm³/mol. The molecule has 0 radical (unpaired) electrons. The summed E-state index contributed by atoms with van der Waals surface area (Å²) in [4.78, 5) is 169. The second kappa shape index (κ2) is 39.2. The average Bonchev–Trinajstić information content (AvgIpc) is 1.01. The lowest BCUT2D eigenvalue weighted by atomic mass is 9.82. The Labute approximate surface area is 542 Å². The van der Waals surface area contributed by atoms with E-state index in [1.54, 1.807) is 74.8 Å². The molecule has 1 aliphatic heterocycles. The second-order valence-corrected chi connectivity index (χ2v) is 28.7. The van der Waals surface area contributed by atoms with E-state index in [4.69, 9.17) is 0 Å². The van der Waals surface area contributed by atoms with Gasteiger partial charge in [0, 0.05) is 78.8 Å². The number of nitrogens with one attached hydrogen (secondary N) is 2. The molecule has 0 aliphatic carbocycles. The van der Waals surface area contributed by atoms with Gasteiger partial charge in [-0.25, -0.2) is 0 Å². The Bertz CT molecular complexity index is 2410. The number of hydrogen-bond acceptors (Lipinski definition) is 14. The Morgan fingerprint density at radius 3 is 1.56 bits per heavy atom. The molecule has 7 amide bonds. The van der Waals surface area contributed by atoms with Gasteiger partial charge in [-0.3, -0.25) is 62.5 Å². The number of aliphatic hydroxyl groups is 1. The SMILES string of the molecule is C/C=C/C[C@@H](C)[C@@H](O)C1C(=O)N[C@@H](CC)C(=O)N(C)CC(=O)CN(C)C[C@@H](CC(C)C)C(=O)C[C@@H](C(C)C)C(=O)N(C)[C@@H](CC(C)C)C(=O)C[C@@H](C)C(=O)N[C@H](C)C(=O)N(C)[C@@H](CC(C)C)C(=O)CCCN(C)[C@@H](CC(C)C)C(=O)N(C)[C@@H](C(C)C)C(=O)N1C. The van der Waals surface area contributed by atoms with Crippen LogP contribution in [0.5, 0.6) is 0 Å². The summed E-state index contributed by atoms with van der Waals surface area (Å²) < 4.78 is 0. The maximum atomic E-state index is 15.1. The largest absolute Gasteiger partial charge is 0.390 e. The highest BCUT2D eigenvalue weighted by atomic mass is 16.3. The van der Waals surface area contributed by atoms with E-state index < -0.39 is 108 Å². The summed E-state index contributed by atoms with van der Waals surface area (Å²) in [5, 5.41) is 17.7. The van der Waals surface area contributed by atoms with E-state index in [1.807, 2.05) is 93.2 Å². The minimum Gasteiger partial charge on any atom is -0.390 e. The average molecular weight is 1270 g/mol. The van der Waals surface area contributed by atoms with Gasteiger partial charge in [0.15, 0.2) is 17.3 Å². The molecule has 1 aliphatic rings. The zero-order chi connectivity index (χ0) is 69.5. The van der Waals surface area contributed by atoms with Crippen LogP contribution in [0.2, 0.25) is 0 Å². The molecule has 516 valence electrons. The predicted octanol–water partition coefficient (Wildman–Crippen LogP) is 6.56. The molecule has 0 saturated carbocycles. The summed E-state index contributed by atoms with van der Waals surface area (Å²) >= 11 is 0. The summed E-state index contributed by atoms with van der Waals surface area (Å²) in [5.41, 5.74) is 0. The van der Waals surface area contributed by atoms with Crippen LogP contribution in [0.4, 0.5) is 0 Å². The molecule has 90 heavy (non-hydrogen) atoms. The molecule has 0 bridgehead atoms. The van der Waals surface area contributed by atoms with Gasteiger partial charge in [-0.1, -0.05) is 116 Å². The molecule has 0 aromatic heterocycles. The highest BCUT2D eigenvalue weighted by Crippen LogP contribution is 2.28. The van der Waals surface area contributed by atoms with Gasteiger partial charge in [0.05, 0.1) is 37.3 Å². The van der Waals surface area contributed by atoms with Crippen LogP contribution in [-0.4, -0.2) is 228 Å². The van der Waals surface area contributed by atoms with E-state index >= 15 is 4.79 Å². The van der Waals surface area contributed by atoms with Crippen molar-refractivity contribution in [2.75, 3.05) is 75.5 Å². The fraction of sp³-hybridized carbons (Fsp3) is 0.812. The maximum absolute atomic E-state index is 15.1. The number of hydrogen-bond donors (Lipinski definition) is 3. The van der Waals surface area contributed by atoms with Crippen LogP contribution in [0.25, 0.3) is 0 Å². The summed E-state index contributed by atoms with van der Waals surface area (Å²) in [6, 6.07) is -7.38. The molecule has 0 aromatic rings. The van der Waals surface area contributed by atoms with Gasteiger partial charge in [-0.05, 0) is 121 Å². The van der Waals surface area contributed by atoms with Gasteiger partial charge in [0.2, 0.25) is 41.4 Å². The Morgan fingerprint density at radius 1 is 0.544 bits per heavy atom. The number of allylic oxidation sites excluding steroid dienone is 2. The van der Waals surface area contributed by atoms with Crippen molar-refractivity contribution in [3.8, 4) is 0 Å². The molecule has 21 nitrogen and oxygen atoms in total. The molecule has 1 rings (SSSR count). The first-order valence-electron chi connectivity index (χ1n) is 33.4. The van der Waals surface area contributed by atoms with E-state index in [1.165, 1.54) is 40.6 Å². The summed E-state index contributed by atoms with van der Waals surface area (Å²) in [7, 11) is 11.0. The van der Waals surface area contributed by atoms with Crippen molar-refractivity contribution >= 4 is 64.5 Å². The molecular weight excluding hydrogens is 1150 g/mol. The maximum Gasteiger partial charge on any atom is 0.246 e. The smallest absolute Gasteiger partial charge is 0.246 e. The fourth-order valence-electron chi connectivity index (χ4n) is 12.3. The van der Waals surface area contributed by atoms with Crippen LogP contribution >= 0.6 is 0 Å². The quantitative estimate of drug-likeness (QED) is 0.147. The number of aliphatic hydroxyl groups excluding tert-OH is 1. The molecule has 1 fully saturated rings. The Morgan fingerprint density at radius 2 is 1.06 bits per heavy atom. The normalized spacial score (nSPS) is 27.3. The third-order valence-electron chi connectivity index (χ3n) is 17.8. The molecule has 1 heterocycles. The van der Waals surface area contributed by atoms with Crippen LogP contribution < -0.4 is 10.6 Å². The number of nitrogens with zero attached hydrogens (tertiary/aromatic N) is 7. The summed E-state index contributed by atoms with van der Waals surface area (Å²) in [5.74, 6) is -8.39. The van der Waals surface area contributed by atoms with Gasteiger partial charge >= 0.3 is 0 Å². The Hall–Kier alpha value is -5.41. The van der Waals surface area contributed by atoms with Crippen LogP contribution in [0.15, 0.2) is 12.2 Å². The monoisotopic (exact) mass is 1270 g/mol. The third-order valence-corrected chi connectivity index (χ3v) is 17.8. The molecule has 0 spiro atoms. The first-order chi connectivity index (χ1) is 41.7. The molecule has 1 saturated heterocycles. The number of rotatable bonds is 15. The van der Waals surface area contributed by atoms with Crippen molar-refractivity contribution in [1.82, 2.24) is 44.9 Å². The highest BCUT2D eigenvalue weighted by Gasteiger charge is 2.44. The van der Waals surface area contributed by atoms with E-state index in [9.17, 15) is 53.1 Å². The minimum absolute atomic E-state index is 0.00669. The second-order valence-electron chi connectivity index (χ2n) is 28.7. The molecule has 21 heteroatoms. The van der Waals surface area contributed by atoms with Gasteiger partial charge < -0.3 is 40.2 Å². The first kappa shape index (κ1) is 82.6. The standard InChI is InChI=1S/C69H123N9O12/c1-25-27-29-47(15)62(83)61-64(85)71-53(26-2)67(88)74(20)40-51(79)39-72(18)38-50(32-41(3)4)58(81)37-52(45(11)12)66(87)76(22)55(34-43(7)8)59(82)36-48(16)63(84)70-49(17)65(86)75(21)54(33-42(5)6)57(80)30-28-31-73(19)56(35-44(9)10)68(89)77(23)60(46(13)14)69(90)78(61)24/h25,27,41-50,52-56,60-62,83H,26,28-40H2,1-24H3,(H,70,84)(H,71,85)/b27-25+/t47-,48-,49-,50-,52+,53+,54+,55+,56+,60+,61?,62-/m1/s1. The highest BCUT2D eigenvalue weighted by molar-refractivity contribution is 5.98. The van der Waals surface area contributed by atoms with Crippen LogP contribution in [0, 0.1) is 59.2 Å². The summed E-state index contributed by atoms with van der Waals surface area (Å²) in [6.45, 7) is 31.4. The molecule has 12 atom stereocenters. The van der Waals surface area contributed by atoms with Crippen molar-refractivity contribution in [3.05, 3.63) is 12.2 Å². The van der Waals surface area contributed by atoms with Crippen LogP contribution in [0.1, 0.15) is 182 Å². The number of ketones is 4. The van der Waals surface area contributed by atoms with Crippen molar-refractivity contribution < 1.29 is 57.8 Å². The number of likely N-dealkylation sites (N-methyl/N-ethyl adjacent to an activating group) is 7. The summed E-state index contributed by atoms with van der Waals surface area (Å²) in [6.07, 6.45) is 4.21. The lowest BCUT2D eigenvalue weighted by Gasteiger charge is -2.41. The molecule has 1 unspecified atom stereocenters. The topological polar surface area (TPSA) is 255 Å². The van der Waals surface area contributed by atoms with E-state index in [-0.39, 0.29) is 110 Å². The van der Waals surface area contributed by atoms with Gasteiger partial charge in [0.1, 0.15) is 30.0 Å². The Balaban J connectivity index is 4.08. The number of amides is 7. The lowest BCUT2D eigenvalue weighted by molar-refractivity contribution is -0.155. The van der Waals surface area contributed by atoms with E-state index in [0.29, 0.717) is 45.1 Å². The van der Waals surface area contributed by atoms with Crippen molar-refractivity contribution in [1.29, 1.82) is 0 Å². The third kappa shape index (κ3) is 25.6. The van der Waals surface area contributed by atoms with Crippen LogP contribution in [0.3, 0.4) is 0 Å². The van der Waals surface area contributed by atoms with Crippen molar-refractivity contribution in [3.63, 3.8) is 0 Å². The van der Waals surface area contributed by atoms with E-state index in [0.717, 1.165) is 4.90 Å². The van der Waals surface area contributed by atoms with Crippen LogP contribution in [-0.2, 0) is 52.7 Å². The number of carbonyl (C=O) groups excluding carboxylic acids is 11.